The van der Waals surface area contributed by atoms with Crippen LogP contribution in [0.1, 0.15) is 107 Å². The average Bonchev–Trinajstić information content (AvgIpc) is 2.93. The second kappa shape index (κ2) is 23.7. The maximum absolute atomic E-state index is 12.7. The molecule has 78 heavy (non-hydrogen) atoms. The lowest BCUT2D eigenvalue weighted by Gasteiger charge is -2.67. The zero-order valence-corrected chi connectivity index (χ0v) is 46.1. The van der Waals surface area contributed by atoms with Crippen LogP contribution in [0, 0.1) is 45.3 Å². The summed E-state index contributed by atoms with van der Waals surface area (Å²) in [6.45, 7) is 13.6. The Balaban J connectivity index is 0.940. The predicted molar refractivity (Wildman–Crippen MR) is 268 cm³/mol. The van der Waals surface area contributed by atoms with Crippen molar-refractivity contribution in [3.63, 3.8) is 0 Å². The highest BCUT2D eigenvalue weighted by atomic mass is 16.8. The van der Waals surface area contributed by atoms with Gasteiger partial charge in [0.2, 0.25) is 0 Å². The van der Waals surface area contributed by atoms with Gasteiger partial charge in [0, 0.05) is 10.8 Å². The first-order valence-electron chi connectivity index (χ1n) is 28.0. The van der Waals surface area contributed by atoms with Crippen LogP contribution in [0.25, 0.3) is 0 Å². The molecule has 4 aliphatic heterocycles. The number of aliphatic hydroxyl groups is 16. The quantitative estimate of drug-likeness (QED) is 0.0637. The Kier molecular flexibility index (Phi) is 19.1. The first kappa shape index (κ1) is 62.8. The van der Waals surface area contributed by atoms with Gasteiger partial charge in [-0.3, -0.25) is 0 Å². The molecule has 24 nitrogen and oxygen atoms in total. The smallest absolute Gasteiger partial charge is 0.187 e. The van der Waals surface area contributed by atoms with Gasteiger partial charge in [-0.05, 0) is 99.7 Å². The molecule has 0 aromatic heterocycles. The highest BCUT2D eigenvalue weighted by molar-refractivity contribution is 5.32. The minimum absolute atomic E-state index is 0.0338. The molecule has 16 N–H and O–H groups in total. The number of aliphatic hydroxyl groups excluding tert-OH is 15. The van der Waals surface area contributed by atoms with E-state index < -0.39 is 184 Å². The number of allylic oxidation sites excluding steroid dienone is 1. The van der Waals surface area contributed by atoms with Crippen LogP contribution in [0.3, 0.4) is 0 Å². The number of rotatable bonds is 17. The fourth-order valence-electron chi connectivity index (χ4n) is 15.6. The Bertz CT molecular complexity index is 2030. The van der Waals surface area contributed by atoms with Crippen LogP contribution in [0.2, 0.25) is 0 Å². The molecule has 0 aromatic carbocycles. The molecule has 4 aliphatic carbocycles. The van der Waals surface area contributed by atoms with Crippen molar-refractivity contribution in [1.82, 2.24) is 0 Å². The standard InChI is InChI=1S/C54H92O24/c1-22(9-13-33(51(4,5)70)77-49-45(41(66)36(61)28(20-57)74-49)78-48-44(69)39(64)35(60)27(19-56)73-48)23-15-16-52(6)30-12-10-24-25(54(30,8)31(58)17-53(23,52)7)11-14-32(50(24,2)3)76-47-43(68)40(65)37(62)29(75-47)21-71-46-42(67)38(63)34(59)26(18-55)72-46/h10,22-23,25-49,55-70H,9,11-21H2,1-8H3/t22-,23-,25-,26?,27?,28?,29?,30?,31-,32+,33-,34-,35-,36?,37-,38+,39+,40+,41+,42?,43?,44?,45?,46-,47+,48+,49+,52+,53-,54+/m1/s1. The molecule has 0 radical (unpaired) electrons. The summed E-state index contributed by atoms with van der Waals surface area (Å²) in [4.78, 5) is 0. The van der Waals surface area contributed by atoms with Gasteiger partial charge in [-0.1, -0.05) is 53.2 Å². The normalized spacial score (nSPS) is 51.4. The van der Waals surface area contributed by atoms with E-state index in [1.807, 2.05) is 0 Å². The third-order valence-corrected chi connectivity index (χ3v) is 20.8. The Hall–Kier alpha value is -1.22. The molecular formula is C54H92O24. The van der Waals surface area contributed by atoms with Gasteiger partial charge in [0.1, 0.15) is 97.7 Å². The van der Waals surface area contributed by atoms with E-state index in [2.05, 4.69) is 47.6 Å². The summed E-state index contributed by atoms with van der Waals surface area (Å²) < 4.78 is 47.5. The third-order valence-electron chi connectivity index (χ3n) is 20.8. The molecule has 8 rings (SSSR count). The first-order valence-corrected chi connectivity index (χ1v) is 28.0. The van der Waals surface area contributed by atoms with Gasteiger partial charge in [0.15, 0.2) is 25.2 Å². The van der Waals surface area contributed by atoms with Gasteiger partial charge in [0.25, 0.3) is 0 Å². The van der Waals surface area contributed by atoms with Crippen LogP contribution in [0.4, 0.5) is 0 Å². The van der Waals surface area contributed by atoms with E-state index in [4.69, 9.17) is 37.9 Å². The van der Waals surface area contributed by atoms with Crippen LogP contribution >= 0.6 is 0 Å². The Morgan fingerprint density at radius 3 is 1.65 bits per heavy atom. The van der Waals surface area contributed by atoms with Gasteiger partial charge in [-0.15, -0.1) is 0 Å². The SMILES string of the molecule is C[C@H](CC[C@@H](O[C@@H]1OC(CO)C(O)[C@H](O)C1O[C@@H]1OC(CO)[C@@H](O)[C@H](O)C1O)C(C)(C)O)[C@H]1CC[C@@]2(C)C3CC=C4[C@@H](CC[C@H](O[C@@H]5OC(CO[C@@H]6OC(CO)[C@@H](O)[C@H](O)C6O)[C@@H](O)[C@H](O)C5O)C4(C)C)[C@]3(C)[C@H](O)C[C@]12C. The summed E-state index contributed by atoms with van der Waals surface area (Å²) in [5, 5.41) is 172. The van der Waals surface area contributed by atoms with Gasteiger partial charge < -0.3 is 120 Å². The summed E-state index contributed by atoms with van der Waals surface area (Å²) in [5.74, 6) is 0.236. The second-order valence-electron chi connectivity index (χ2n) is 25.9. The summed E-state index contributed by atoms with van der Waals surface area (Å²) >= 11 is 0. The average molecular weight is 1130 g/mol. The van der Waals surface area contributed by atoms with E-state index in [0.29, 0.717) is 32.1 Å². The maximum Gasteiger partial charge on any atom is 0.187 e. The molecule has 24 heteroatoms. The summed E-state index contributed by atoms with van der Waals surface area (Å²) in [5.41, 5.74) is -2.12. The van der Waals surface area contributed by atoms with Crippen molar-refractivity contribution in [2.45, 2.75) is 253 Å². The van der Waals surface area contributed by atoms with Crippen LogP contribution in [-0.2, 0) is 37.9 Å². The predicted octanol–water partition coefficient (Wildman–Crippen LogP) is -3.23. The largest absolute Gasteiger partial charge is 0.394 e. The molecule has 0 amide bonds. The van der Waals surface area contributed by atoms with Crippen molar-refractivity contribution in [3.05, 3.63) is 11.6 Å². The molecule has 10 unspecified atom stereocenters. The summed E-state index contributed by atoms with van der Waals surface area (Å²) in [7, 11) is 0. The van der Waals surface area contributed by atoms with Gasteiger partial charge in [-0.25, -0.2) is 0 Å². The Morgan fingerprint density at radius 1 is 0.590 bits per heavy atom. The summed E-state index contributed by atoms with van der Waals surface area (Å²) in [6, 6.07) is 0. The highest BCUT2D eigenvalue weighted by Crippen LogP contribution is 2.75. The number of ether oxygens (including phenoxy) is 8. The number of fused-ring (bicyclic) bond motifs is 5. The van der Waals surface area contributed by atoms with Gasteiger partial charge in [-0.2, -0.15) is 0 Å². The van der Waals surface area contributed by atoms with Crippen molar-refractivity contribution in [1.29, 1.82) is 0 Å². The lowest BCUT2D eigenvalue weighted by molar-refractivity contribution is -0.375. The van der Waals surface area contributed by atoms with Crippen LogP contribution in [-0.4, -0.2) is 255 Å². The molecule has 0 spiro atoms. The lowest BCUT2D eigenvalue weighted by Crippen LogP contribution is -2.65. The maximum atomic E-state index is 12.7. The Morgan fingerprint density at radius 2 is 1.09 bits per heavy atom. The Labute approximate surface area is 455 Å². The monoisotopic (exact) mass is 1120 g/mol. The van der Waals surface area contributed by atoms with E-state index in [0.717, 1.165) is 18.4 Å². The first-order chi connectivity index (χ1) is 36.4. The molecular weight excluding hydrogens is 1030 g/mol. The van der Waals surface area contributed by atoms with E-state index >= 15 is 0 Å². The molecule has 7 fully saturated rings. The van der Waals surface area contributed by atoms with Gasteiger partial charge in [0.05, 0.1) is 50.3 Å². The summed E-state index contributed by atoms with van der Waals surface area (Å²) in [6.07, 6.45) is -26.9. The van der Waals surface area contributed by atoms with Gasteiger partial charge >= 0.3 is 0 Å². The fraction of sp³-hybridized carbons (Fsp3) is 0.963. The van der Waals surface area contributed by atoms with Crippen molar-refractivity contribution in [2.75, 3.05) is 26.4 Å². The zero-order chi connectivity index (χ0) is 57.5. The molecule has 30 atom stereocenters. The van der Waals surface area contributed by atoms with E-state index in [9.17, 15) is 81.7 Å². The van der Waals surface area contributed by atoms with Crippen LogP contribution in [0.15, 0.2) is 11.6 Å². The lowest BCUT2D eigenvalue weighted by atomic mass is 9.38. The molecule has 452 valence electrons. The minimum atomic E-state index is -1.85. The molecule has 0 bridgehead atoms. The number of hydrogen-bond donors (Lipinski definition) is 16. The highest BCUT2D eigenvalue weighted by Gasteiger charge is 2.70. The van der Waals surface area contributed by atoms with Crippen LogP contribution in [0.5, 0.6) is 0 Å². The topological polar surface area (TPSA) is 398 Å². The molecule has 3 saturated carbocycles. The second-order valence-corrected chi connectivity index (χ2v) is 25.9. The molecule has 4 saturated heterocycles. The minimum Gasteiger partial charge on any atom is -0.394 e. The van der Waals surface area contributed by atoms with Crippen LogP contribution < -0.4 is 0 Å². The molecule has 4 heterocycles. The zero-order valence-electron chi connectivity index (χ0n) is 46.1. The van der Waals surface area contributed by atoms with E-state index in [-0.39, 0.29) is 40.9 Å². The van der Waals surface area contributed by atoms with Crippen molar-refractivity contribution >= 4 is 0 Å². The molecule has 8 aliphatic rings. The third kappa shape index (κ3) is 11.0. The van der Waals surface area contributed by atoms with E-state index in [1.165, 1.54) is 0 Å². The van der Waals surface area contributed by atoms with Crippen molar-refractivity contribution < 1.29 is 120 Å². The van der Waals surface area contributed by atoms with Crippen molar-refractivity contribution in [2.24, 2.45) is 45.3 Å². The fourth-order valence-corrected chi connectivity index (χ4v) is 15.6. The van der Waals surface area contributed by atoms with Crippen molar-refractivity contribution in [3.8, 4) is 0 Å². The number of hydrogen-bond acceptors (Lipinski definition) is 24. The van der Waals surface area contributed by atoms with E-state index in [1.54, 1.807) is 13.8 Å². The molecule has 0 aromatic rings.